The number of nitrogens with one attached hydrogen (secondary N) is 3. The Morgan fingerprint density at radius 1 is 1.27 bits per heavy atom. The fraction of sp³-hybridized carbons (Fsp3) is 0.467. The summed E-state index contributed by atoms with van der Waals surface area (Å²) in [7, 11) is 0. The summed E-state index contributed by atoms with van der Waals surface area (Å²) < 4.78 is 5.14. The molecule has 7 nitrogen and oxygen atoms in total. The summed E-state index contributed by atoms with van der Waals surface area (Å²) in [6.45, 7) is 0.353. The Labute approximate surface area is 128 Å². The Morgan fingerprint density at radius 2 is 2.05 bits per heavy atom. The fourth-order valence-corrected chi connectivity index (χ4v) is 2.84. The summed E-state index contributed by atoms with van der Waals surface area (Å²) in [5.74, 6) is -1.37. The van der Waals surface area contributed by atoms with Crippen LogP contribution < -0.4 is 16.2 Å². The van der Waals surface area contributed by atoms with Crippen molar-refractivity contribution in [3.05, 3.63) is 35.9 Å². The van der Waals surface area contributed by atoms with E-state index in [-0.39, 0.29) is 25.0 Å². The van der Waals surface area contributed by atoms with Crippen molar-refractivity contribution in [3.8, 4) is 0 Å². The smallest absolute Gasteiger partial charge is 0.331 e. The number of amides is 1. The van der Waals surface area contributed by atoms with E-state index in [0.717, 1.165) is 5.56 Å². The van der Waals surface area contributed by atoms with Gasteiger partial charge in [-0.05, 0) is 12.0 Å². The lowest BCUT2D eigenvalue weighted by molar-refractivity contribution is -0.148. The molecule has 0 saturated carbocycles. The Kier molecular flexibility index (Phi) is 4.10. The van der Waals surface area contributed by atoms with E-state index >= 15 is 0 Å². The van der Waals surface area contributed by atoms with Crippen LogP contribution in [0.25, 0.3) is 0 Å². The van der Waals surface area contributed by atoms with Gasteiger partial charge in [-0.25, -0.2) is 15.6 Å². The molecule has 2 fully saturated rings. The molecule has 0 aliphatic carbocycles. The SMILES string of the molecule is O=C(NC1(C(=O)O)CCOC1)C1CC(c2ccccc2)NN1. The van der Waals surface area contributed by atoms with E-state index in [1.807, 2.05) is 30.3 Å². The molecule has 7 heteroatoms. The molecule has 3 rings (SSSR count). The minimum absolute atomic E-state index is 0.0103. The molecule has 1 aromatic carbocycles. The van der Waals surface area contributed by atoms with Gasteiger partial charge in [0, 0.05) is 19.1 Å². The molecular weight excluding hydrogens is 286 g/mol. The molecular formula is C15H19N3O4. The monoisotopic (exact) mass is 305 g/mol. The molecule has 2 aliphatic rings. The van der Waals surface area contributed by atoms with E-state index in [1.54, 1.807) is 0 Å². The zero-order valence-electron chi connectivity index (χ0n) is 12.0. The lowest BCUT2D eigenvalue weighted by atomic mass is 9.97. The van der Waals surface area contributed by atoms with Crippen molar-refractivity contribution in [2.75, 3.05) is 13.2 Å². The Balaban J connectivity index is 1.63. The predicted molar refractivity (Wildman–Crippen MR) is 77.8 cm³/mol. The molecule has 118 valence electrons. The molecule has 1 aromatic rings. The number of hydrazine groups is 1. The number of hydrogen-bond donors (Lipinski definition) is 4. The highest BCUT2D eigenvalue weighted by Gasteiger charge is 2.45. The summed E-state index contributed by atoms with van der Waals surface area (Å²) in [6, 6.07) is 9.36. The molecule has 2 heterocycles. The largest absolute Gasteiger partial charge is 0.479 e. The van der Waals surface area contributed by atoms with Crippen LogP contribution >= 0.6 is 0 Å². The summed E-state index contributed by atoms with van der Waals surface area (Å²) >= 11 is 0. The number of hydrogen-bond acceptors (Lipinski definition) is 5. The minimum atomic E-state index is -1.30. The number of carbonyl (C=O) groups excluding carboxylic acids is 1. The molecule has 0 spiro atoms. The van der Waals surface area contributed by atoms with Crippen molar-refractivity contribution < 1.29 is 19.4 Å². The van der Waals surface area contributed by atoms with Gasteiger partial charge in [0.2, 0.25) is 5.91 Å². The van der Waals surface area contributed by atoms with Crippen molar-refractivity contribution >= 4 is 11.9 Å². The van der Waals surface area contributed by atoms with Gasteiger partial charge in [-0.1, -0.05) is 30.3 Å². The van der Waals surface area contributed by atoms with Gasteiger partial charge in [0.25, 0.3) is 0 Å². The summed E-state index contributed by atoms with van der Waals surface area (Å²) in [6.07, 6.45) is 0.850. The second-order valence-electron chi connectivity index (χ2n) is 5.72. The van der Waals surface area contributed by atoms with E-state index in [1.165, 1.54) is 0 Å². The van der Waals surface area contributed by atoms with E-state index in [0.29, 0.717) is 13.0 Å². The maximum atomic E-state index is 12.4. The van der Waals surface area contributed by atoms with Gasteiger partial charge < -0.3 is 15.2 Å². The van der Waals surface area contributed by atoms with E-state index < -0.39 is 17.6 Å². The first-order valence-electron chi connectivity index (χ1n) is 7.30. The molecule has 1 amide bonds. The zero-order valence-corrected chi connectivity index (χ0v) is 12.0. The maximum absolute atomic E-state index is 12.4. The van der Waals surface area contributed by atoms with E-state index in [2.05, 4.69) is 16.2 Å². The van der Waals surface area contributed by atoms with Crippen molar-refractivity contribution in [1.82, 2.24) is 16.2 Å². The van der Waals surface area contributed by atoms with E-state index in [9.17, 15) is 14.7 Å². The van der Waals surface area contributed by atoms with Gasteiger partial charge >= 0.3 is 5.97 Å². The summed E-state index contributed by atoms with van der Waals surface area (Å²) in [5.41, 5.74) is 5.80. The first-order valence-corrected chi connectivity index (χ1v) is 7.30. The molecule has 2 saturated heterocycles. The number of aliphatic carboxylic acids is 1. The number of rotatable bonds is 4. The van der Waals surface area contributed by atoms with Gasteiger partial charge in [-0.2, -0.15) is 0 Å². The summed E-state index contributed by atoms with van der Waals surface area (Å²) in [5, 5.41) is 12.0. The Bertz CT molecular complexity index is 557. The van der Waals surface area contributed by atoms with Crippen LogP contribution in [0.5, 0.6) is 0 Å². The Hall–Kier alpha value is -1.96. The number of carboxylic acid groups (broad SMARTS) is 1. The lowest BCUT2D eigenvalue weighted by Gasteiger charge is -2.25. The molecule has 0 bridgehead atoms. The van der Waals surface area contributed by atoms with Crippen LogP contribution in [0.1, 0.15) is 24.4 Å². The molecule has 0 radical (unpaired) electrons. The second-order valence-corrected chi connectivity index (χ2v) is 5.72. The number of ether oxygens (including phenoxy) is 1. The predicted octanol–water partition coefficient (Wildman–Crippen LogP) is -0.0459. The normalized spacial score (nSPS) is 31.1. The second kappa shape index (κ2) is 6.04. The molecule has 0 aromatic heterocycles. The minimum Gasteiger partial charge on any atom is -0.479 e. The highest BCUT2D eigenvalue weighted by molar-refractivity contribution is 5.90. The van der Waals surface area contributed by atoms with Crippen molar-refractivity contribution in [3.63, 3.8) is 0 Å². The van der Waals surface area contributed by atoms with Crippen LogP contribution in [0.15, 0.2) is 30.3 Å². The van der Waals surface area contributed by atoms with Gasteiger partial charge in [-0.15, -0.1) is 0 Å². The lowest BCUT2D eigenvalue weighted by Crippen LogP contribution is -2.59. The van der Waals surface area contributed by atoms with Gasteiger partial charge in [0.15, 0.2) is 5.54 Å². The summed E-state index contributed by atoms with van der Waals surface area (Å²) in [4.78, 5) is 23.8. The molecule has 22 heavy (non-hydrogen) atoms. The quantitative estimate of drug-likeness (QED) is 0.623. The van der Waals surface area contributed by atoms with Crippen molar-refractivity contribution in [2.24, 2.45) is 0 Å². The highest BCUT2D eigenvalue weighted by Crippen LogP contribution is 2.24. The van der Waals surface area contributed by atoms with Crippen LogP contribution in [0.2, 0.25) is 0 Å². The van der Waals surface area contributed by atoms with Crippen molar-refractivity contribution in [2.45, 2.75) is 30.5 Å². The number of carbonyl (C=O) groups is 2. The van der Waals surface area contributed by atoms with Gasteiger partial charge in [0.05, 0.1) is 6.61 Å². The third-order valence-corrected chi connectivity index (χ3v) is 4.22. The van der Waals surface area contributed by atoms with Gasteiger partial charge in [-0.3, -0.25) is 4.79 Å². The van der Waals surface area contributed by atoms with E-state index in [4.69, 9.17) is 4.74 Å². The van der Waals surface area contributed by atoms with Crippen LogP contribution in [-0.4, -0.2) is 41.8 Å². The topological polar surface area (TPSA) is 99.7 Å². The first kappa shape index (κ1) is 15.0. The third kappa shape index (κ3) is 2.83. The first-order chi connectivity index (χ1) is 10.6. The average molecular weight is 305 g/mol. The third-order valence-electron chi connectivity index (χ3n) is 4.22. The fourth-order valence-electron chi connectivity index (χ4n) is 2.84. The van der Waals surface area contributed by atoms with Crippen LogP contribution in [-0.2, 0) is 14.3 Å². The molecule has 3 unspecified atom stereocenters. The molecule has 3 atom stereocenters. The van der Waals surface area contributed by atoms with Crippen molar-refractivity contribution in [1.29, 1.82) is 0 Å². The Morgan fingerprint density at radius 3 is 2.68 bits per heavy atom. The van der Waals surface area contributed by atoms with Crippen LogP contribution in [0.3, 0.4) is 0 Å². The molecule has 4 N–H and O–H groups in total. The maximum Gasteiger partial charge on any atom is 0.331 e. The highest BCUT2D eigenvalue weighted by atomic mass is 16.5. The number of carboxylic acids is 1. The van der Waals surface area contributed by atoms with Crippen LogP contribution in [0, 0.1) is 0 Å². The van der Waals surface area contributed by atoms with Crippen LogP contribution in [0.4, 0.5) is 0 Å². The number of benzene rings is 1. The van der Waals surface area contributed by atoms with Gasteiger partial charge in [0.1, 0.15) is 6.04 Å². The average Bonchev–Trinajstić information content (AvgIpc) is 3.18. The molecule has 2 aliphatic heterocycles. The standard InChI is InChI=1S/C15H19N3O4/c19-13(16-15(14(20)21)6-7-22-9-15)12-8-11(17-18-12)10-4-2-1-3-5-10/h1-5,11-12,17-18H,6-9H2,(H,16,19)(H,20,21). The zero-order chi connectivity index (χ0) is 15.6.